The van der Waals surface area contributed by atoms with Crippen LogP contribution >= 0.6 is 0 Å². The number of imidazole rings is 1. The number of benzene rings is 1. The lowest BCUT2D eigenvalue weighted by molar-refractivity contribution is -0.127. The van der Waals surface area contributed by atoms with Gasteiger partial charge >= 0.3 is 12.1 Å². The van der Waals surface area contributed by atoms with Crippen molar-refractivity contribution in [2.75, 3.05) is 6.54 Å². The van der Waals surface area contributed by atoms with Crippen molar-refractivity contribution >= 4 is 18.0 Å². The maximum Gasteiger partial charge on any atom is 0.408 e. The first-order valence-corrected chi connectivity index (χ1v) is 16.8. The number of hydrogen-bond acceptors (Lipinski definition) is 5. The zero-order valence-corrected chi connectivity index (χ0v) is 28.3. The van der Waals surface area contributed by atoms with Gasteiger partial charge in [0, 0.05) is 31.1 Å². The number of aliphatic hydroxyl groups excluding tert-OH is 1. The van der Waals surface area contributed by atoms with E-state index in [-0.39, 0.29) is 31.0 Å². The second-order valence-electron chi connectivity index (χ2n) is 14.1. The molecular weight excluding hydrogens is 582 g/mol. The van der Waals surface area contributed by atoms with Gasteiger partial charge in [0.25, 0.3) is 0 Å². The van der Waals surface area contributed by atoms with Crippen LogP contribution in [-0.2, 0) is 17.6 Å². The van der Waals surface area contributed by atoms with Gasteiger partial charge in [0.05, 0.1) is 17.8 Å². The minimum Gasteiger partial charge on any atom is -0.465 e. The van der Waals surface area contributed by atoms with Crippen molar-refractivity contribution in [1.82, 2.24) is 25.1 Å². The number of rotatable bonds is 15. The highest BCUT2D eigenvalue weighted by atomic mass is 16.4. The van der Waals surface area contributed by atoms with Gasteiger partial charge < -0.3 is 20.8 Å². The lowest BCUT2D eigenvalue weighted by Gasteiger charge is -2.38. The third-order valence-electron chi connectivity index (χ3n) is 9.12. The van der Waals surface area contributed by atoms with Crippen molar-refractivity contribution in [3.8, 4) is 0 Å². The summed E-state index contributed by atoms with van der Waals surface area (Å²) in [5, 5.41) is 27.2. The van der Waals surface area contributed by atoms with Gasteiger partial charge in [0.2, 0.25) is 5.91 Å². The Labute approximate surface area is 274 Å². The average molecular weight is 638 g/mol. The Morgan fingerprint density at radius 2 is 1.80 bits per heavy atom. The minimum atomic E-state index is -1.16. The predicted molar refractivity (Wildman–Crippen MR) is 181 cm³/mol. The van der Waals surface area contributed by atoms with Gasteiger partial charge in [-0.15, -0.1) is 6.58 Å². The monoisotopic (exact) mass is 637 g/mol. The molecule has 3 amide bonds. The van der Waals surface area contributed by atoms with E-state index in [0.717, 1.165) is 24.8 Å². The molecule has 1 aromatic carbocycles. The highest BCUT2D eigenvalue weighted by molar-refractivity contribution is 5.86. The molecule has 2 aromatic rings. The van der Waals surface area contributed by atoms with Crippen LogP contribution in [0.2, 0.25) is 0 Å². The van der Waals surface area contributed by atoms with Crippen molar-refractivity contribution in [3.63, 3.8) is 0 Å². The van der Waals surface area contributed by atoms with Gasteiger partial charge in [-0.3, -0.25) is 14.3 Å². The van der Waals surface area contributed by atoms with E-state index in [0.29, 0.717) is 30.4 Å². The largest absolute Gasteiger partial charge is 0.465 e. The van der Waals surface area contributed by atoms with Crippen LogP contribution < -0.4 is 10.6 Å². The highest BCUT2D eigenvalue weighted by Crippen LogP contribution is 2.30. The van der Waals surface area contributed by atoms with E-state index < -0.39 is 29.7 Å². The van der Waals surface area contributed by atoms with Crippen LogP contribution in [0.25, 0.3) is 0 Å². The molecule has 1 aromatic heterocycles. The Morgan fingerprint density at radius 1 is 1.13 bits per heavy atom. The number of nitrogens with zero attached hydrogens (tertiary/aromatic N) is 3. The van der Waals surface area contributed by atoms with Crippen LogP contribution in [0.15, 0.2) is 55.5 Å². The normalized spacial score (nSPS) is 16.7. The molecule has 1 heterocycles. The van der Waals surface area contributed by atoms with Crippen LogP contribution in [0.4, 0.5) is 9.59 Å². The molecule has 10 heteroatoms. The fourth-order valence-corrected chi connectivity index (χ4v) is 6.47. The number of carbonyl (C=O) groups excluding carboxylic acids is 2. The molecule has 10 nitrogen and oxygen atoms in total. The summed E-state index contributed by atoms with van der Waals surface area (Å²) in [5.74, 6) is 0.563. The van der Waals surface area contributed by atoms with Gasteiger partial charge in [-0.05, 0) is 56.9 Å². The Hall–Kier alpha value is -3.66. The van der Waals surface area contributed by atoms with Crippen molar-refractivity contribution in [2.24, 2.45) is 17.8 Å². The zero-order chi connectivity index (χ0) is 33.9. The van der Waals surface area contributed by atoms with Gasteiger partial charge in [0.1, 0.15) is 12.4 Å². The molecule has 1 aliphatic carbocycles. The molecule has 1 saturated carbocycles. The first-order chi connectivity index (χ1) is 21.8. The molecule has 0 bridgehead atoms. The number of hydrogen-bond donors (Lipinski definition) is 4. The molecule has 4 N–H and O–H groups in total. The maximum atomic E-state index is 13.4. The topological polar surface area (TPSA) is 137 Å². The number of carbonyl (C=O) groups is 3. The van der Waals surface area contributed by atoms with Crippen molar-refractivity contribution in [3.05, 3.63) is 66.8 Å². The Balaban J connectivity index is 1.64. The molecule has 4 atom stereocenters. The molecule has 3 rings (SSSR count). The lowest BCUT2D eigenvalue weighted by atomic mass is 9.81. The van der Waals surface area contributed by atoms with E-state index in [4.69, 9.17) is 0 Å². The second-order valence-corrected chi connectivity index (χ2v) is 14.1. The van der Waals surface area contributed by atoms with E-state index >= 15 is 0 Å². The number of nitrogens with one attached hydrogen (secondary N) is 2. The van der Waals surface area contributed by atoms with Crippen LogP contribution in [-0.4, -0.2) is 73.0 Å². The van der Waals surface area contributed by atoms with Crippen LogP contribution in [0.3, 0.4) is 0 Å². The highest BCUT2D eigenvalue weighted by Gasteiger charge is 2.37. The van der Waals surface area contributed by atoms with E-state index in [9.17, 15) is 24.6 Å². The fourth-order valence-electron chi connectivity index (χ4n) is 6.47. The number of allylic oxidation sites excluding steroid dienone is 1. The quantitative estimate of drug-likeness (QED) is 0.176. The number of carboxylic acid groups (broad SMARTS) is 1. The summed E-state index contributed by atoms with van der Waals surface area (Å²) in [6.45, 7) is 13.7. The molecule has 0 spiro atoms. The smallest absolute Gasteiger partial charge is 0.408 e. The van der Waals surface area contributed by atoms with E-state index in [1.54, 1.807) is 27.0 Å². The number of aromatic nitrogens is 2. The lowest BCUT2D eigenvalue weighted by Crippen LogP contribution is -2.57. The molecular formula is C36H55N5O5. The van der Waals surface area contributed by atoms with Crippen molar-refractivity contribution in [2.45, 2.75) is 116 Å². The summed E-state index contributed by atoms with van der Waals surface area (Å²) in [5.41, 5.74) is 0.675. The van der Waals surface area contributed by atoms with Gasteiger partial charge in [-0.25, -0.2) is 14.6 Å². The third kappa shape index (κ3) is 11.0. The first-order valence-electron chi connectivity index (χ1n) is 16.8. The molecule has 0 saturated heterocycles. The van der Waals surface area contributed by atoms with Crippen molar-refractivity contribution in [1.29, 1.82) is 0 Å². The van der Waals surface area contributed by atoms with Crippen LogP contribution in [0.5, 0.6) is 0 Å². The SMILES string of the molecule is C=C[C@@H](C[C@H](O)[C@H](CC1CCCCC1)NC(=O)n1cnc(CCNC(=O)[C@H](Cc2ccccc2)N(C(=O)O)C(C)(C)C)c1)C(C)C. The first kappa shape index (κ1) is 36.8. The second kappa shape index (κ2) is 17.3. The van der Waals surface area contributed by atoms with E-state index in [1.165, 1.54) is 35.1 Å². The van der Waals surface area contributed by atoms with E-state index in [1.807, 2.05) is 36.4 Å². The molecule has 0 radical (unpaired) electrons. The Morgan fingerprint density at radius 3 is 2.39 bits per heavy atom. The van der Waals surface area contributed by atoms with Gasteiger partial charge in [0.15, 0.2) is 0 Å². The summed E-state index contributed by atoms with van der Waals surface area (Å²) in [4.78, 5) is 44.5. The average Bonchev–Trinajstić information content (AvgIpc) is 3.48. The van der Waals surface area contributed by atoms with E-state index in [2.05, 4.69) is 36.0 Å². The zero-order valence-electron chi connectivity index (χ0n) is 28.3. The van der Waals surface area contributed by atoms with Gasteiger partial charge in [-0.1, -0.05) is 82.4 Å². The Kier molecular flexibility index (Phi) is 13.9. The summed E-state index contributed by atoms with van der Waals surface area (Å²) in [6.07, 6.45) is 10.8. The third-order valence-corrected chi connectivity index (χ3v) is 9.12. The van der Waals surface area contributed by atoms with Gasteiger partial charge in [-0.2, -0.15) is 0 Å². The predicted octanol–water partition coefficient (Wildman–Crippen LogP) is 6.04. The number of amides is 3. The molecule has 0 aliphatic heterocycles. The molecule has 254 valence electrons. The van der Waals surface area contributed by atoms with Crippen LogP contribution in [0.1, 0.15) is 90.8 Å². The maximum absolute atomic E-state index is 13.4. The molecule has 1 fully saturated rings. The van der Waals surface area contributed by atoms with Crippen LogP contribution in [0, 0.1) is 17.8 Å². The summed E-state index contributed by atoms with van der Waals surface area (Å²) < 4.78 is 1.38. The summed E-state index contributed by atoms with van der Waals surface area (Å²) in [7, 11) is 0. The molecule has 46 heavy (non-hydrogen) atoms. The molecule has 1 aliphatic rings. The summed E-state index contributed by atoms with van der Waals surface area (Å²) in [6, 6.07) is 7.69. The standard InChI is InChI=1S/C36H55N5O5/c1-7-28(25(2)3)22-32(42)30(20-26-14-10-8-11-15-26)39-34(44)40-23-29(38-24-40)18-19-37-33(43)31(21-27-16-12-9-13-17-27)41(35(45)46)36(4,5)6/h7,9,12-13,16-17,23-26,28,30-32,42H,1,8,10-11,14-15,18-22H2,2-6H3,(H,37,43)(H,39,44)(H,45,46)/t28-,30-,31-,32-/m0/s1. The fraction of sp³-hybridized carbons (Fsp3) is 0.611. The summed E-state index contributed by atoms with van der Waals surface area (Å²) >= 11 is 0. The molecule has 0 unspecified atom stereocenters. The Bertz CT molecular complexity index is 1270. The number of aliphatic hydroxyl groups is 1. The van der Waals surface area contributed by atoms with Crippen molar-refractivity contribution < 1.29 is 24.6 Å². The minimum absolute atomic E-state index is 0.147.